The molecule has 0 saturated heterocycles. The lowest BCUT2D eigenvalue weighted by molar-refractivity contribution is -0.132. The summed E-state index contributed by atoms with van der Waals surface area (Å²) in [6.45, 7) is 3.83. The summed E-state index contributed by atoms with van der Waals surface area (Å²) in [4.78, 5) is 24.7. The maximum atomic E-state index is 12.6. The number of carbonyl (C=O) groups excluding carboxylic acids is 1. The second-order valence-corrected chi connectivity index (χ2v) is 7.65. The lowest BCUT2D eigenvalue weighted by Gasteiger charge is -2.11. The van der Waals surface area contributed by atoms with E-state index in [4.69, 9.17) is 5.10 Å². The highest BCUT2D eigenvalue weighted by Gasteiger charge is 2.20. The highest BCUT2D eigenvalue weighted by molar-refractivity contribution is 6.03. The molecule has 0 aliphatic carbocycles. The molecule has 1 heterocycles. The number of carboxylic acid groups (broad SMARTS) is 1. The monoisotopic (exact) mass is 437 g/mol. The van der Waals surface area contributed by atoms with Gasteiger partial charge in [0.25, 0.3) is 5.91 Å². The summed E-state index contributed by atoms with van der Waals surface area (Å²) in [5.41, 5.74) is 4.97. The van der Waals surface area contributed by atoms with Gasteiger partial charge in [0.05, 0.1) is 17.1 Å². The molecule has 6 nitrogen and oxygen atoms in total. The fraction of sp³-hybridized carbons (Fsp3) is 0.0741. The smallest absolute Gasteiger partial charge is 0.352 e. The Kier molecular flexibility index (Phi) is 6.17. The molecule has 1 amide bonds. The Morgan fingerprint density at radius 1 is 0.909 bits per heavy atom. The number of hydrogen-bond donors (Lipinski definition) is 2. The van der Waals surface area contributed by atoms with E-state index in [9.17, 15) is 14.7 Å². The largest absolute Gasteiger partial charge is 0.477 e. The molecule has 3 aromatic carbocycles. The van der Waals surface area contributed by atoms with Crippen LogP contribution < -0.4 is 5.32 Å². The van der Waals surface area contributed by atoms with Crippen molar-refractivity contribution in [2.75, 3.05) is 0 Å². The molecule has 0 spiro atoms. The molecule has 0 radical (unpaired) electrons. The molecule has 2 N–H and O–H groups in total. The third-order valence-corrected chi connectivity index (χ3v) is 5.20. The van der Waals surface area contributed by atoms with Gasteiger partial charge in [-0.1, -0.05) is 60.7 Å². The van der Waals surface area contributed by atoms with Gasteiger partial charge in [0.2, 0.25) is 0 Å². The second-order valence-electron chi connectivity index (χ2n) is 7.65. The quantitative estimate of drug-likeness (QED) is 0.415. The van der Waals surface area contributed by atoms with Gasteiger partial charge in [-0.3, -0.25) is 4.79 Å². The van der Waals surface area contributed by atoms with Gasteiger partial charge >= 0.3 is 5.97 Å². The van der Waals surface area contributed by atoms with Crippen LogP contribution in [0.5, 0.6) is 0 Å². The molecule has 0 aliphatic heterocycles. The van der Waals surface area contributed by atoms with Crippen molar-refractivity contribution >= 4 is 18.0 Å². The van der Waals surface area contributed by atoms with Crippen molar-refractivity contribution < 1.29 is 14.7 Å². The maximum absolute atomic E-state index is 12.6. The lowest BCUT2D eigenvalue weighted by atomic mass is 10.0. The van der Waals surface area contributed by atoms with Crippen LogP contribution in [0.25, 0.3) is 23.0 Å². The molecule has 33 heavy (non-hydrogen) atoms. The molecular formula is C27H23N3O3. The minimum atomic E-state index is -1.24. The first-order valence-electron chi connectivity index (χ1n) is 10.5. The summed E-state index contributed by atoms with van der Waals surface area (Å²) < 4.78 is 1.81. The zero-order valence-corrected chi connectivity index (χ0v) is 18.3. The summed E-state index contributed by atoms with van der Waals surface area (Å²) in [6.07, 6.45) is 1.47. The van der Waals surface area contributed by atoms with E-state index in [2.05, 4.69) is 5.32 Å². The molecule has 0 fully saturated rings. The lowest BCUT2D eigenvalue weighted by Crippen LogP contribution is -2.27. The van der Waals surface area contributed by atoms with Crippen LogP contribution in [0, 0.1) is 13.8 Å². The molecule has 0 saturated carbocycles. The van der Waals surface area contributed by atoms with E-state index >= 15 is 0 Å². The van der Waals surface area contributed by atoms with Gasteiger partial charge in [-0.25, -0.2) is 9.48 Å². The van der Waals surface area contributed by atoms with Crippen molar-refractivity contribution in [1.29, 1.82) is 0 Å². The summed E-state index contributed by atoms with van der Waals surface area (Å²) in [7, 11) is 0. The summed E-state index contributed by atoms with van der Waals surface area (Å²) in [5.74, 6) is -1.73. The van der Waals surface area contributed by atoms with Crippen LogP contribution in [-0.2, 0) is 4.79 Å². The molecule has 0 unspecified atom stereocenters. The van der Waals surface area contributed by atoms with Gasteiger partial charge in [0, 0.05) is 16.7 Å². The van der Waals surface area contributed by atoms with E-state index in [1.807, 2.05) is 73.1 Å². The average Bonchev–Trinajstić information content (AvgIpc) is 3.15. The number of amides is 1. The Hall–Kier alpha value is -4.45. The predicted molar refractivity (Wildman–Crippen MR) is 128 cm³/mol. The number of carboxylic acids is 1. The van der Waals surface area contributed by atoms with Gasteiger partial charge in [-0.2, -0.15) is 5.10 Å². The number of aliphatic carboxylic acids is 1. The third-order valence-electron chi connectivity index (χ3n) is 5.20. The standard InChI is InChI=1S/C27H23N3O3/c1-18-10-9-15-22(16-18)30-25(20-11-5-3-6-12-20)23(19(2)29-30)17-24(27(32)33)28-26(31)21-13-7-4-8-14-21/h3-17H,1-2H3,(H,28,31)(H,32,33)/b24-17+. The highest BCUT2D eigenvalue weighted by atomic mass is 16.4. The topological polar surface area (TPSA) is 84.2 Å². The van der Waals surface area contributed by atoms with E-state index in [0.717, 1.165) is 22.5 Å². The molecule has 6 heteroatoms. The van der Waals surface area contributed by atoms with Gasteiger partial charge < -0.3 is 10.4 Å². The van der Waals surface area contributed by atoms with Crippen LogP contribution in [0.3, 0.4) is 0 Å². The van der Waals surface area contributed by atoms with Crippen LogP contribution in [0.4, 0.5) is 0 Å². The zero-order chi connectivity index (χ0) is 23.4. The van der Waals surface area contributed by atoms with Gasteiger partial charge in [0.15, 0.2) is 0 Å². The number of rotatable bonds is 6. The zero-order valence-electron chi connectivity index (χ0n) is 18.3. The number of nitrogens with one attached hydrogen (secondary N) is 1. The fourth-order valence-corrected chi connectivity index (χ4v) is 3.61. The number of hydrogen-bond acceptors (Lipinski definition) is 3. The van der Waals surface area contributed by atoms with Gasteiger partial charge in [-0.15, -0.1) is 0 Å². The maximum Gasteiger partial charge on any atom is 0.352 e. The molecule has 4 rings (SSSR count). The van der Waals surface area contributed by atoms with Crippen LogP contribution >= 0.6 is 0 Å². The number of nitrogens with zero attached hydrogens (tertiary/aromatic N) is 2. The fourth-order valence-electron chi connectivity index (χ4n) is 3.61. The highest BCUT2D eigenvalue weighted by Crippen LogP contribution is 2.31. The molecule has 4 aromatic rings. The van der Waals surface area contributed by atoms with E-state index in [1.165, 1.54) is 6.08 Å². The SMILES string of the molecule is Cc1cccc(-n2nc(C)c(/C=C(/NC(=O)c3ccccc3)C(=O)O)c2-c2ccccc2)c1. The predicted octanol–water partition coefficient (Wildman–Crippen LogP) is 5.01. The second kappa shape index (κ2) is 9.36. The first-order valence-corrected chi connectivity index (χ1v) is 10.5. The third kappa shape index (κ3) is 4.75. The summed E-state index contributed by atoms with van der Waals surface area (Å²) in [6, 6.07) is 26.1. The number of aromatic nitrogens is 2. The Morgan fingerprint density at radius 3 is 2.21 bits per heavy atom. The first-order chi connectivity index (χ1) is 15.9. The van der Waals surface area contributed by atoms with Crippen molar-refractivity contribution in [1.82, 2.24) is 15.1 Å². The van der Waals surface area contributed by atoms with Crippen molar-refractivity contribution in [2.24, 2.45) is 0 Å². The van der Waals surface area contributed by atoms with E-state index in [1.54, 1.807) is 30.3 Å². The first kappa shape index (κ1) is 21.8. The average molecular weight is 437 g/mol. The molecule has 0 aliphatic rings. The van der Waals surface area contributed by atoms with Crippen molar-refractivity contribution in [3.63, 3.8) is 0 Å². The van der Waals surface area contributed by atoms with Crippen LogP contribution in [0.1, 0.15) is 27.2 Å². The number of benzene rings is 3. The Balaban J connectivity index is 1.86. The molecule has 164 valence electrons. The Bertz CT molecular complexity index is 1340. The molecular weight excluding hydrogens is 414 g/mol. The number of carbonyl (C=O) groups is 2. The molecule has 0 atom stereocenters. The van der Waals surface area contributed by atoms with Crippen molar-refractivity contribution in [3.8, 4) is 16.9 Å². The Labute approximate surface area is 191 Å². The summed E-state index contributed by atoms with van der Waals surface area (Å²) in [5, 5.41) is 17.1. The van der Waals surface area contributed by atoms with E-state index in [-0.39, 0.29) is 5.70 Å². The number of aryl methyl sites for hydroxylation is 2. The van der Waals surface area contributed by atoms with Crippen molar-refractivity contribution in [3.05, 3.63) is 113 Å². The van der Waals surface area contributed by atoms with Crippen LogP contribution in [0.2, 0.25) is 0 Å². The van der Waals surface area contributed by atoms with Gasteiger partial charge in [-0.05, 0) is 49.8 Å². The van der Waals surface area contributed by atoms with Crippen LogP contribution in [-0.4, -0.2) is 26.8 Å². The van der Waals surface area contributed by atoms with Crippen molar-refractivity contribution in [2.45, 2.75) is 13.8 Å². The van der Waals surface area contributed by atoms with E-state index in [0.29, 0.717) is 16.8 Å². The van der Waals surface area contributed by atoms with Gasteiger partial charge in [0.1, 0.15) is 5.70 Å². The van der Waals surface area contributed by atoms with E-state index < -0.39 is 11.9 Å². The molecule has 1 aromatic heterocycles. The Morgan fingerprint density at radius 2 is 1.58 bits per heavy atom. The minimum absolute atomic E-state index is 0.229. The summed E-state index contributed by atoms with van der Waals surface area (Å²) >= 11 is 0. The molecule has 0 bridgehead atoms. The van der Waals surface area contributed by atoms with Crippen LogP contribution in [0.15, 0.2) is 90.6 Å². The minimum Gasteiger partial charge on any atom is -0.477 e. The normalized spacial score (nSPS) is 11.3.